The molecule has 2 aliphatic rings. The van der Waals surface area contributed by atoms with Crippen LogP contribution in [0.3, 0.4) is 0 Å². The summed E-state index contributed by atoms with van der Waals surface area (Å²) in [7, 11) is 0. The van der Waals surface area contributed by atoms with Crippen molar-refractivity contribution in [1.29, 1.82) is 0 Å². The van der Waals surface area contributed by atoms with Crippen LogP contribution >= 0.6 is 0 Å². The van der Waals surface area contributed by atoms with Gasteiger partial charge in [-0.15, -0.1) is 0 Å². The van der Waals surface area contributed by atoms with Gasteiger partial charge in [0.15, 0.2) is 0 Å². The number of likely N-dealkylation sites (tertiary alicyclic amines) is 1. The van der Waals surface area contributed by atoms with E-state index in [1.165, 1.54) is 11.0 Å². The maximum Gasteiger partial charge on any atom is 0.416 e. The van der Waals surface area contributed by atoms with Crippen molar-refractivity contribution in [3.63, 3.8) is 0 Å². The third-order valence-electron chi connectivity index (χ3n) is 7.54. The molecular formula is C32H31F3N2O4. The average Bonchev–Trinajstić information content (AvgIpc) is 3.50. The van der Waals surface area contributed by atoms with Gasteiger partial charge >= 0.3 is 12.3 Å². The first-order valence-corrected chi connectivity index (χ1v) is 13.5. The van der Waals surface area contributed by atoms with E-state index >= 15 is 0 Å². The molecule has 0 radical (unpaired) electrons. The average molecular weight is 565 g/mol. The first-order valence-electron chi connectivity index (χ1n) is 13.5. The van der Waals surface area contributed by atoms with E-state index in [1.54, 1.807) is 81.1 Å². The van der Waals surface area contributed by atoms with Gasteiger partial charge in [-0.1, -0.05) is 42.5 Å². The molecular weight excluding hydrogens is 533 g/mol. The molecule has 0 aromatic heterocycles. The summed E-state index contributed by atoms with van der Waals surface area (Å²) in [5.41, 5.74) is 1.35. The summed E-state index contributed by atoms with van der Waals surface area (Å²) < 4.78 is 46.8. The highest BCUT2D eigenvalue weighted by atomic mass is 19.4. The minimum Gasteiger partial charge on any atom is -0.444 e. The zero-order chi connectivity index (χ0) is 29.7. The highest BCUT2D eigenvalue weighted by molar-refractivity contribution is 6.21. The van der Waals surface area contributed by atoms with Crippen LogP contribution in [0.5, 0.6) is 0 Å². The summed E-state index contributed by atoms with van der Waals surface area (Å²) in [4.78, 5) is 41.7. The van der Waals surface area contributed by atoms with Crippen LogP contribution in [0, 0.1) is 0 Å². The summed E-state index contributed by atoms with van der Waals surface area (Å²) in [5, 5.41) is 0. The molecule has 214 valence electrons. The van der Waals surface area contributed by atoms with Gasteiger partial charge in [0.25, 0.3) is 11.8 Å². The number of ether oxygens (including phenoxy) is 1. The minimum absolute atomic E-state index is 0.348. The molecule has 9 heteroatoms. The van der Waals surface area contributed by atoms with Gasteiger partial charge in [-0.05, 0) is 87.1 Å². The number of alkyl halides is 3. The number of rotatable bonds is 4. The van der Waals surface area contributed by atoms with Crippen LogP contribution in [0.25, 0.3) is 11.1 Å². The van der Waals surface area contributed by atoms with E-state index in [0.717, 1.165) is 12.1 Å². The van der Waals surface area contributed by atoms with E-state index in [1.807, 2.05) is 0 Å². The summed E-state index contributed by atoms with van der Waals surface area (Å²) in [5.74, 6) is -0.767. The third-order valence-corrected chi connectivity index (χ3v) is 7.54. The highest BCUT2D eigenvalue weighted by Crippen LogP contribution is 2.42. The van der Waals surface area contributed by atoms with Crippen molar-refractivity contribution in [1.82, 2.24) is 9.80 Å². The topological polar surface area (TPSA) is 66.9 Å². The van der Waals surface area contributed by atoms with Crippen LogP contribution < -0.4 is 0 Å². The quantitative estimate of drug-likeness (QED) is 0.303. The maximum absolute atomic E-state index is 13.8. The van der Waals surface area contributed by atoms with Crippen molar-refractivity contribution in [3.8, 4) is 11.1 Å². The zero-order valence-electron chi connectivity index (χ0n) is 23.3. The molecule has 0 spiro atoms. The Morgan fingerprint density at radius 3 is 2.07 bits per heavy atom. The van der Waals surface area contributed by atoms with Crippen LogP contribution in [0.1, 0.15) is 90.0 Å². The molecule has 0 saturated carbocycles. The molecule has 2 atom stereocenters. The first kappa shape index (κ1) is 28.4. The van der Waals surface area contributed by atoms with Gasteiger partial charge in [0.2, 0.25) is 0 Å². The van der Waals surface area contributed by atoms with E-state index in [9.17, 15) is 27.6 Å². The lowest BCUT2D eigenvalue weighted by atomic mass is 9.91. The Morgan fingerprint density at radius 2 is 1.51 bits per heavy atom. The summed E-state index contributed by atoms with van der Waals surface area (Å²) in [6, 6.07) is 16.0. The molecule has 6 nitrogen and oxygen atoms in total. The van der Waals surface area contributed by atoms with Crippen molar-refractivity contribution >= 4 is 17.9 Å². The molecule has 2 aliphatic heterocycles. The lowest BCUT2D eigenvalue weighted by Crippen LogP contribution is -2.36. The Labute approximate surface area is 236 Å². The molecule has 1 fully saturated rings. The summed E-state index contributed by atoms with van der Waals surface area (Å²) in [6.07, 6.45) is -3.77. The predicted octanol–water partition coefficient (Wildman–Crippen LogP) is 7.80. The molecule has 3 aromatic rings. The number of imide groups is 1. The van der Waals surface area contributed by atoms with Crippen molar-refractivity contribution < 1.29 is 32.3 Å². The number of fused-ring (bicyclic) bond motifs is 1. The Kier molecular flexibility index (Phi) is 7.17. The van der Waals surface area contributed by atoms with Gasteiger partial charge in [-0.3, -0.25) is 14.5 Å². The zero-order valence-corrected chi connectivity index (χ0v) is 23.3. The highest BCUT2D eigenvalue weighted by Gasteiger charge is 2.39. The number of hydrogen-bond donors (Lipinski definition) is 0. The van der Waals surface area contributed by atoms with Crippen molar-refractivity contribution in [3.05, 3.63) is 94.5 Å². The summed E-state index contributed by atoms with van der Waals surface area (Å²) >= 11 is 0. The monoisotopic (exact) mass is 564 g/mol. The Balaban J connectivity index is 1.49. The molecule has 0 bridgehead atoms. The maximum atomic E-state index is 13.8. The van der Waals surface area contributed by atoms with E-state index in [4.69, 9.17) is 4.74 Å². The van der Waals surface area contributed by atoms with Crippen LogP contribution in [0.15, 0.2) is 66.7 Å². The van der Waals surface area contributed by atoms with Crippen molar-refractivity contribution in [2.75, 3.05) is 6.54 Å². The van der Waals surface area contributed by atoms with Gasteiger partial charge < -0.3 is 9.64 Å². The Bertz CT molecular complexity index is 1470. The molecule has 5 rings (SSSR count). The molecule has 41 heavy (non-hydrogen) atoms. The second kappa shape index (κ2) is 10.4. The van der Waals surface area contributed by atoms with E-state index in [2.05, 4.69) is 0 Å². The van der Waals surface area contributed by atoms with Crippen molar-refractivity contribution in [2.24, 2.45) is 0 Å². The van der Waals surface area contributed by atoms with Crippen LogP contribution in [0.2, 0.25) is 0 Å². The number of carbonyl (C=O) groups excluding carboxylic acids is 3. The molecule has 3 aromatic carbocycles. The van der Waals surface area contributed by atoms with Gasteiger partial charge in [0.05, 0.1) is 28.8 Å². The fraction of sp³-hybridized carbons (Fsp3) is 0.344. The van der Waals surface area contributed by atoms with E-state index < -0.39 is 35.5 Å². The number of amides is 3. The summed E-state index contributed by atoms with van der Waals surface area (Å²) in [6.45, 7) is 7.48. The first-order chi connectivity index (χ1) is 19.3. The van der Waals surface area contributed by atoms with E-state index in [0.29, 0.717) is 52.8 Å². The number of halogens is 3. The fourth-order valence-electron chi connectivity index (χ4n) is 5.55. The second-order valence-electron chi connectivity index (χ2n) is 11.5. The molecule has 3 amide bonds. The van der Waals surface area contributed by atoms with Crippen LogP contribution in [-0.4, -0.2) is 39.9 Å². The van der Waals surface area contributed by atoms with Crippen molar-refractivity contribution in [2.45, 2.75) is 64.4 Å². The predicted molar refractivity (Wildman–Crippen MR) is 147 cm³/mol. The van der Waals surface area contributed by atoms with Gasteiger partial charge in [-0.2, -0.15) is 13.2 Å². The smallest absolute Gasteiger partial charge is 0.416 e. The minimum atomic E-state index is -4.55. The van der Waals surface area contributed by atoms with Crippen LogP contribution in [-0.2, 0) is 10.9 Å². The lowest BCUT2D eigenvalue weighted by molar-refractivity contribution is -0.137. The molecule has 2 heterocycles. The van der Waals surface area contributed by atoms with E-state index in [-0.39, 0.29) is 11.8 Å². The Hall–Kier alpha value is -4.14. The number of carbonyl (C=O) groups is 3. The number of hydrogen-bond acceptors (Lipinski definition) is 4. The largest absolute Gasteiger partial charge is 0.444 e. The Morgan fingerprint density at radius 1 is 0.902 bits per heavy atom. The SMILES string of the molecule is C[C@H](c1ccc(-c2cc(C(F)(F)F)ccc2C2CCCN2C(=O)OC(C)(C)C)cc1)N1C(=O)c2ccccc2C1=O. The molecule has 0 aliphatic carbocycles. The molecule has 0 N–H and O–H groups in total. The standard InChI is InChI=1S/C32H31F3N2O4/c1-19(37-28(38)24-8-5-6-9-25(24)29(37)39)20-11-13-21(14-12-20)26-18-22(32(33,34)35)15-16-23(26)27-10-7-17-36(27)30(40)41-31(2,3)4/h5-6,8-9,11-16,18-19,27H,7,10,17H2,1-4H3/t19-,27?/m1/s1. The number of nitrogens with zero attached hydrogens (tertiary/aromatic N) is 2. The van der Waals surface area contributed by atoms with Gasteiger partial charge in [0, 0.05) is 6.54 Å². The number of benzene rings is 3. The fourth-order valence-corrected chi connectivity index (χ4v) is 5.55. The van der Waals surface area contributed by atoms with Gasteiger partial charge in [0.1, 0.15) is 5.60 Å². The molecule has 1 unspecified atom stereocenters. The second-order valence-corrected chi connectivity index (χ2v) is 11.5. The van der Waals surface area contributed by atoms with Gasteiger partial charge in [-0.25, -0.2) is 4.79 Å². The lowest BCUT2D eigenvalue weighted by Gasteiger charge is -2.30. The molecule has 1 saturated heterocycles. The third kappa shape index (κ3) is 5.45. The van der Waals surface area contributed by atoms with Crippen LogP contribution in [0.4, 0.5) is 18.0 Å². The normalized spacial score (nSPS) is 18.1.